The number of guanidine groups is 1. The van der Waals surface area contributed by atoms with Crippen LogP contribution in [0.1, 0.15) is 49.0 Å². The van der Waals surface area contributed by atoms with Crippen LogP contribution in [0.25, 0.3) is 0 Å². The molecule has 156 valence electrons. The molecule has 0 saturated carbocycles. The van der Waals surface area contributed by atoms with Crippen LogP contribution >= 0.6 is 0 Å². The van der Waals surface area contributed by atoms with Gasteiger partial charge in [-0.25, -0.2) is 0 Å². The fourth-order valence-corrected chi connectivity index (χ4v) is 2.93. The van der Waals surface area contributed by atoms with Crippen molar-refractivity contribution >= 4 is 11.9 Å². The fraction of sp³-hybridized carbons (Fsp3) is 0.391. The number of phenolic OH excluding ortho intramolecular Hbond substituents is 1. The standard InChI is InChI=1S/C23H32N4O2/c1-4-24-23(27-18(3)17(2)19-10-6-5-7-11-19)26-15-9-14-25-22(29)20-12-8-13-21(28)16-20/h5-8,10-13,16-18,28H,4,9,14-15H2,1-3H3,(H,25,29)(H2,24,26,27). The first kappa shape index (κ1) is 22.3. The highest BCUT2D eigenvalue weighted by molar-refractivity contribution is 5.94. The smallest absolute Gasteiger partial charge is 0.251 e. The summed E-state index contributed by atoms with van der Waals surface area (Å²) in [4.78, 5) is 16.7. The van der Waals surface area contributed by atoms with Gasteiger partial charge in [0.1, 0.15) is 5.75 Å². The number of aliphatic imine (C=N–C) groups is 1. The number of phenols is 1. The molecule has 2 atom stereocenters. The van der Waals surface area contributed by atoms with Crippen molar-refractivity contribution in [2.45, 2.75) is 39.2 Å². The molecule has 0 aliphatic heterocycles. The van der Waals surface area contributed by atoms with Gasteiger partial charge in [0.15, 0.2) is 5.96 Å². The SMILES string of the molecule is CCNC(=NCCCNC(=O)c1cccc(O)c1)NC(C)C(C)c1ccccc1. The molecule has 29 heavy (non-hydrogen) atoms. The van der Waals surface area contributed by atoms with E-state index >= 15 is 0 Å². The lowest BCUT2D eigenvalue weighted by molar-refractivity contribution is 0.0953. The van der Waals surface area contributed by atoms with Gasteiger partial charge < -0.3 is 21.1 Å². The van der Waals surface area contributed by atoms with E-state index in [1.54, 1.807) is 18.2 Å². The van der Waals surface area contributed by atoms with Crippen molar-refractivity contribution in [3.8, 4) is 5.75 Å². The van der Waals surface area contributed by atoms with E-state index in [4.69, 9.17) is 0 Å². The van der Waals surface area contributed by atoms with Gasteiger partial charge in [-0.1, -0.05) is 43.3 Å². The van der Waals surface area contributed by atoms with Crippen LogP contribution in [0.15, 0.2) is 59.6 Å². The molecule has 2 rings (SSSR count). The summed E-state index contributed by atoms with van der Waals surface area (Å²) in [6.45, 7) is 8.30. The number of nitrogens with one attached hydrogen (secondary N) is 3. The minimum absolute atomic E-state index is 0.0856. The molecule has 4 N–H and O–H groups in total. The van der Waals surface area contributed by atoms with Gasteiger partial charge in [0, 0.05) is 37.2 Å². The Morgan fingerprint density at radius 1 is 1.07 bits per heavy atom. The summed E-state index contributed by atoms with van der Waals surface area (Å²) in [7, 11) is 0. The molecule has 0 spiro atoms. The van der Waals surface area contributed by atoms with E-state index in [-0.39, 0.29) is 17.7 Å². The second-order valence-corrected chi connectivity index (χ2v) is 7.05. The molecular formula is C23H32N4O2. The van der Waals surface area contributed by atoms with Crippen molar-refractivity contribution in [2.24, 2.45) is 4.99 Å². The number of nitrogens with zero attached hydrogens (tertiary/aromatic N) is 1. The topological polar surface area (TPSA) is 85.8 Å². The summed E-state index contributed by atoms with van der Waals surface area (Å²) < 4.78 is 0. The van der Waals surface area contributed by atoms with Crippen LogP contribution < -0.4 is 16.0 Å². The number of hydrogen-bond donors (Lipinski definition) is 4. The van der Waals surface area contributed by atoms with Gasteiger partial charge in [-0.05, 0) is 44.0 Å². The third-order valence-electron chi connectivity index (χ3n) is 4.78. The number of benzene rings is 2. The third-order valence-corrected chi connectivity index (χ3v) is 4.78. The zero-order valence-corrected chi connectivity index (χ0v) is 17.5. The summed E-state index contributed by atoms with van der Waals surface area (Å²) in [6, 6.07) is 17.0. The van der Waals surface area contributed by atoms with Crippen LogP contribution in [0.4, 0.5) is 0 Å². The monoisotopic (exact) mass is 396 g/mol. The van der Waals surface area contributed by atoms with Gasteiger partial charge >= 0.3 is 0 Å². The highest BCUT2D eigenvalue weighted by Gasteiger charge is 2.15. The zero-order chi connectivity index (χ0) is 21.1. The molecular weight excluding hydrogens is 364 g/mol. The Kier molecular flexibility index (Phi) is 9.02. The lowest BCUT2D eigenvalue weighted by Gasteiger charge is -2.24. The minimum atomic E-state index is -0.194. The van der Waals surface area contributed by atoms with Crippen LogP contribution in [0.2, 0.25) is 0 Å². The molecule has 6 nitrogen and oxygen atoms in total. The van der Waals surface area contributed by atoms with Gasteiger partial charge in [-0.15, -0.1) is 0 Å². The Morgan fingerprint density at radius 3 is 2.52 bits per heavy atom. The molecule has 0 saturated heterocycles. The molecule has 0 aliphatic rings. The molecule has 0 aromatic heterocycles. The third kappa shape index (κ3) is 7.49. The molecule has 2 unspecified atom stereocenters. The van der Waals surface area contributed by atoms with Crippen molar-refractivity contribution < 1.29 is 9.90 Å². The summed E-state index contributed by atoms with van der Waals surface area (Å²) in [5, 5.41) is 19.1. The van der Waals surface area contributed by atoms with E-state index in [2.05, 4.69) is 59.1 Å². The number of carbonyl (C=O) groups is 1. The fourth-order valence-electron chi connectivity index (χ4n) is 2.93. The minimum Gasteiger partial charge on any atom is -0.508 e. The van der Waals surface area contributed by atoms with Crippen molar-refractivity contribution in [2.75, 3.05) is 19.6 Å². The Morgan fingerprint density at radius 2 is 1.83 bits per heavy atom. The summed E-state index contributed by atoms with van der Waals surface area (Å²) in [6.07, 6.45) is 0.726. The Labute approximate surface area is 173 Å². The first-order valence-electron chi connectivity index (χ1n) is 10.2. The lowest BCUT2D eigenvalue weighted by Crippen LogP contribution is -2.44. The van der Waals surface area contributed by atoms with Gasteiger partial charge in [-0.2, -0.15) is 0 Å². The van der Waals surface area contributed by atoms with Crippen LogP contribution in [0.5, 0.6) is 5.75 Å². The molecule has 2 aromatic rings. The molecule has 0 bridgehead atoms. The van der Waals surface area contributed by atoms with Crippen LogP contribution in [0, 0.1) is 0 Å². The van der Waals surface area contributed by atoms with E-state index in [1.165, 1.54) is 11.6 Å². The molecule has 2 aromatic carbocycles. The first-order valence-corrected chi connectivity index (χ1v) is 10.2. The Balaban J connectivity index is 1.80. The number of carbonyl (C=O) groups excluding carboxylic acids is 1. The maximum Gasteiger partial charge on any atom is 0.251 e. The van der Waals surface area contributed by atoms with E-state index in [9.17, 15) is 9.90 Å². The molecule has 0 heterocycles. The van der Waals surface area contributed by atoms with Crippen LogP contribution in [-0.2, 0) is 0 Å². The van der Waals surface area contributed by atoms with E-state index < -0.39 is 0 Å². The normalized spacial score (nSPS) is 13.4. The van der Waals surface area contributed by atoms with Gasteiger partial charge in [0.05, 0.1) is 0 Å². The number of amides is 1. The van der Waals surface area contributed by atoms with Gasteiger partial charge in [0.25, 0.3) is 5.91 Å². The molecule has 6 heteroatoms. The van der Waals surface area contributed by atoms with E-state index in [1.807, 2.05) is 13.0 Å². The largest absolute Gasteiger partial charge is 0.508 e. The highest BCUT2D eigenvalue weighted by atomic mass is 16.3. The quantitative estimate of drug-likeness (QED) is 0.298. The predicted molar refractivity (Wildman–Crippen MR) is 118 cm³/mol. The second-order valence-electron chi connectivity index (χ2n) is 7.05. The summed E-state index contributed by atoms with van der Waals surface area (Å²) in [5.41, 5.74) is 1.74. The van der Waals surface area contributed by atoms with Crippen molar-refractivity contribution in [1.29, 1.82) is 0 Å². The Hall–Kier alpha value is -3.02. The number of aromatic hydroxyl groups is 1. The average molecular weight is 397 g/mol. The first-order chi connectivity index (χ1) is 14.0. The van der Waals surface area contributed by atoms with Crippen LogP contribution in [0.3, 0.4) is 0 Å². The maximum absolute atomic E-state index is 12.1. The van der Waals surface area contributed by atoms with Gasteiger partial charge in [-0.3, -0.25) is 9.79 Å². The Bertz CT molecular complexity index is 792. The maximum atomic E-state index is 12.1. The van der Waals surface area contributed by atoms with Crippen molar-refractivity contribution in [1.82, 2.24) is 16.0 Å². The van der Waals surface area contributed by atoms with E-state index in [0.717, 1.165) is 18.9 Å². The summed E-state index contributed by atoms with van der Waals surface area (Å²) in [5.74, 6) is 1.02. The van der Waals surface area contributed by atoms with Crippen molar-refractivity contribution in [3.63, 3.8) is 0 Å². The molecule has 1 amide bonds. The zero-order valence-electron chi connectivity index (χ0n) is 17.5. The molecule has 0 radical (unpaired) electrons. The highest BCUT2D eigenvalue weighted by Crippen LogP contribution is 2.18. The van der Waals surface area contributed by atoms with Gasteiger partial charge in [0.2, 0.25) is 0 Å². The number of hydrogen-bond acceptors (Lipinski definition) is 3. The second kappa shape index (κ2) is 11.7. The molecule has 0 aliphatic carbocycles. The molecule has 0 fully saturated rings. The average Bonchev–Trinajstić information content (AvgIpc) is 2.73. The number of rotatable bonds is 9. The lowest BCUT2D eigenvalue weighted by atomic mass is 9.94. The van der Waals surface area contributed by atoms with Crippen molar-refractivity contribution in [3.05, 3.63) is 65.7 Å². The van der Waals surface area contributed by atoms with E-state index in [0.29, 0.717) is 24.6 Å². The van der Waals surface area contributed by atoms with Crippen LogP contribution in [-0.4, -0.2) is 42.6 Å². The summed E-state index contributed by atoms with van der Waals surface area (Å²) >= 11 is 0. The predicted octanol–water partition coefficient (Wildman–Crippen LogP) is 3.26.